The molecule has 21 heavy (non-hydrogen) atoms. The Hall–Kier alpha value is -1.17. The highest BCUT2D eigenvalue weighted by atomic mass is 35.5. The van der Waals surface area contributed by atoms with E-state index >= 15 is 0 Å². The average Bonchev–Trinajstić information content (AvgIpc) is 2.96. The number of rotatable bonds is 4. The molecule has 2 aliphatic rings. The first-order valence-electron chi connectivity index (χ1n) is 7.28. The maximum atomic E-state index is 4.52. The van der Waals surface area contributed by atoms with E-state index in [4.69, 9.17) is 0 Å². The molecule has 2 N–H and O–H groups in total. The molecule has 7 heteroatoms. The zero-order chi connectivity index (χ0) is 15.0. The van der Waals surface area contributed by atoms with E-state index in [1.165, 1.54) is 0 Å². The van der Waals surface area contributed by atoms with E-state index in [0.717, 1.165) is 24.8 Å². The number of amidine groups is 2. The smallest absolute Gasteiger partial charge is 0.133 e. The van der Waals surface area contributed by atoms with Gasteiger partial charge >= 0.3 is 0 Å². The monoisotopic (exact) mass is 314 g/mol. The van der Waals surface area contributed by atoms with Gasteiger partial charge in [-0.05, 0) is 41.5 Å². The molecule has 0 saturated heterocycles. The molecule has 0 bridgehead atoms. The topological polar surface area (TPSA) is 73.5 Å². The van der Waals surface area contributed by atoms with Crippen LogP contribution in [0.1, 0.15) is 41.5 Å². The Morgan fingerprint density at radius 1 is 0.857 bits per heavy atom. The summed E-state index contributed by atoms with van der Waals surface area (Å²) in [5, 5.41) is 15.8. The van der Waals surface area contributed by atoms with Crippen molar-refractivity contribution in [2.24, 2.45) is 20.2 Å². The van der Waals surface area contributed by atoms with Gasteiger partial charge in [0, 0.05) is 12.1 Å². The number of nitrogens with zero attached hydrogens (tertiary/aromatic N) is 4. The van der Waals surface area contributed by atoms with Crippen molar-refractivity contribution in [3.8, 4) is 0 Å². The second-order valence-corrected chi connectivity index (χ2v) is 6.79. The lowest BCUT2D eigenvalue weighted by molar-refractivity contribution is 0.546. The van der Waals surface area contributed by atoms with Crippen LogP contribution in [-0.2, 0) is 0 Å². The normalized spacial score (nSPS) is 26.0. The van der Waals surface area contributed by atoms with Gasteiger partial charge in [0.05, 0.1) is 13.1 Å². The first-order chi connectivity index (χ1) is 9.21. The summed E-state index contributed by atoms with van der Waals surface area (Å²) >= 11 is 0. The third kappa shape index (κ3) is 4.15. The van der Waals surface area contributed by atoms with E-state index < -0.39 is 11.1 Å². The lowest BCUT2D eigenvalue weighted by atomic mass is 10.0. The van der Waals surface area contributed by atoms with Gasteiger partial charge in [-0.25, -0.2) is 0 Å². The third-order valence-electron chi connectivity index (χ3n) is 3.52. The van der Waals surface area contributed by atoms with Crippen LogP contribution in [0.5, 0.6) is 0 Å². The molecule has 0 radical (unpaired) electrons. The van der Waals surface area contributed by atoms with Crippen molar-refractivity contribution in [1.82, 2.24) is 10.6 Å². The molecule has 0 fully saturated rings. The van der Waals surface area contributed by atoms with E-state index in [2.05, 4.69) is 44.7 Å². The first kappa shape index (κ1) is 17.9. The highest BCUT2D eigenvalue weighted by Gasteiger charge is 2.33. The predicted molar refractivity (Wildman–Crippen MR) is 90.1 cm³/mol. The van der Waals surface area contributed by atoms with E-state index in [9.17, 15) is 0 Å². The Balaban J connectivity index is 0.00000220. The van der Waals surface area contributed by atoms with Crippen molar-refractivity contribution < 1.29 is 0 Å². The van der Waals surface area contributed by atoms with Gasteiger partial charge in [-0.1, -0.05) is 0 Å². The zero-order valence-corrected chi connectivity index (χ0v) is 14.6. The average molecular weight is 315 g/mol. The molecule has 0 aromatic rings. The number of halogens is 1. The van der Waals surface area contributed by atoms with Gasteiger partial charge in [0.1, 0.15) is 22.7 Å². The van der Waals surface area contributed by atoms with E-state index in [1.54, 1.807) is 0 Å². The van der Waals surface area contributed by atoms with Crippen molar-refractivity contribution in [2.75, 3.05) is 13.1 Å². The second kappa shape index (κ2) is 6.30. The van der Waals surface area contributed by atoms with Crippen LogP contribution in [0.25, 0.3) is 0 Å². The Kier molecular flexibility index (Phi) is 5.36. The Labute approximate surface area is 133 Å². The molecule has 0 aromatic heterocycles. The fourth-order valence-corrected chi connectivity index (χ4v) is 2.19. The van der Waals surface area contributed by atoms with Gasteiger partial charge in [-0.2, -0.15) is 10.2 Å². The largest absolute Gasteiger partial charge is 0.367 e. The molecule has 6 nitrogen and oxygen atoms in total. The van der Waals surface area contributed by atoms with Crippen molar-refractivity contribution in [1.29, 1.82) is 0 Å². The molecule has 0 spiro atoms. The Morgan fingerprint density at radius 2 is 1.19 bits per heavy atom. The number of azo groups is 1. The van der Waals surface area contributed by atoms with Gasteiger partial charge in [0.2, 0.25) is 0 Å². The van der Waals surface area contributed by atoms with Crippen LogP contribution in [0.3, 0.4) is 0 Å². The second-order valence-electron chi connectivity index (χ2n) is 6.79. The Bertz CT molecular complexity index is 424. The van der Waals surface area contributed by atoms with Crippen molar-refractivity contribution in [3.63, 3.8) is 0 Å². The summed E-state index contributed by atoms with van der Waals surface area (Å²) in [5.41, 5.74) is -0.848. The van der Waals surface area contributed by atoms with E-state index in [-0.39, 0.29) is 12.4 Å². The van der Waals surface area contributed by atoms with E-state index in [1.807, 2.05) is 27.7 Å². The lowest BCUT2D eigenvalue weighted by Crippen LogP contribution is -2.43. The minimum atomic E-state index is -0.424. The van der Waals surface area contributed by atoms with Crippen LogP contribution in [-0.4, -0.2) is 47.9 Å². The zero-order valence-electron chi connectivity index (χ0n) is 13.8. The minimum Gasteiger partial charge on any atom is -0.367 e. The maximum Gasteiger partial charge on any atom is 0.133 e. The molecule has 2 heterocycles. The van der Waals surface area contributed by atoms with Gasteiger partial charge in [0.25, 0.3) is 0 Å². The number of hydrogen-bond acceptors (Lipinski definition) is 6. The van der Waals surface area contributed by atoms with Crippen LogP contribution in [0.2, 0.25) is 0 Å². The summed E-state index contributed by atoms with van der Waals surface area (Å²) in [6.45, 7) is 14.0. The standard InChI is InChI=1S/C14H26N6.ClH/c1-9-7-15-11(17-9)13(3,4)19-20-14(5,6)12-16-8-10(2)18-12;/h9-10H,7-8H2,1-6H3,(H,15,17)(H,16,18);1H. The van der Waals surface area contributed by atoms with Crippen LogP contribution >= 0.6 is 12.4 Å². The molecule has 0 amide bonds. The van der Waals surface area contributed by atoms with Crippen LogP contribution in [0.4, 0.5) is 0 Å². The molecule has 0 aromatic carbocycles. The van der Waals surface area contributed by atoms with Crippen LogP contribution in [0, 0.1) is 0 Å². The predicted octanol–water partition coefficient (Wildman–Crippen LogP) is 2.20. The van der Waals surface area contributed by atoms with Crippen LogP contribution < -0.4 is 10.6 Å². The number of nitrogens with one attached hydrogen (secondary N) is 2. The minimum absolute atomic E-state index is 0. The van der Waals surface area contributed by atoms with E-state index in [0.29, 0.717) is 12.1 Å². The maximum absolute atomic E-state index is 4.52. The fraction of sp³-hybridized carbons (Fsp3) is 0.857. The molecular formula is C14H27ClN6. The molecule has 2 rings (SSSR count). The SMILES string of the molecule is CC1CN=C(C(C)(C)N=NC(C)(C)C2=NCC(C)N2)N1.Cl. The van der Waals surface area contributed by atoms with Gasteiger partial charge in [-0.3, -0.25) is 9.98 Å². The summed E-state index contributed by atoms with van der Waals surface area (Å²) in [4.78, 5) is 9.01. The lowest BCUT2D eigenvalue weighted by Gasteiger charge is -2.24. The van der Waals surface area contributed by atoms with Crippen molar-refractivity contribution >= 4 is 24.1 Å². The number of aliphatic imine (C=N–C) groups is 2. The van der Waals surface area contributed by atoms with Gasteiger partial charge in [-0.15, -0.1) is 12.4 Å². The fourth-order valence-electron chi connectivity index (χ4n) is 2.19. The summed E-state index contributed by atoms with van der Waals surface area (Å²) in [6.07, 6.45) is 0. The number of hydrogen-bond donors (Lipinski definition) is 2. The third-order valence-corrected chi connectivity index (χ3v) is 3.52. The Morgan fingerprint density at radius 3 is 1.43 bits per heavy atom. The molecule has 2 unspecified atom stereocenters. The quantitative estimate of drug-likeness (QED) is 0.781. The molecule has 2 atom stereocenters. The van der Waals surface area contributed by atoms with Gasteiger partial charge < -0.3 is 10.6 Å². The van der Waals surface area contributed by atoms with Crippen molar-refractivity contribution in [2.45, 2.75) is 64.7 Å². The molecule has 0 saturated carbocycles. The summed E-state index contributed by atoms with van der Waals surface area (Å²) in [7, 11) is 0. The van der Waals surface area contributed by atoms with Crippen molar-refractivity contribution in [3.05, 3.63) is 0 Å². The molecule has 0 aliphatic carbocycles. The van der Waals surface area contributed by atoms with Gasteiger partial charge in [0.15, 0.2) is 0 Å². The summed E-state index contributed by atoms with van der Waals surface area (Å²) < 4.78 is 0. The molecular weight excluding hydrogens is 288 g/mol. The summed E-state index contributed by atoms with van der Waals surface area (Å²) in [6, 6.07) is 0.767. The molecule has 120 valence electrons. The highest BCUT2D eigenvalue weighted by molar-refractivity contribution is 5.93. The first-order valence-corrected chi connectivity index (χ1v) is 7.28. The van der Waals surface area contributed by atoms with Crippen LogP contribution in [0.15, 0.2) is 20.2 Å². The summed E-state index contributed by atoms with van der Waals surface area (Å²) in [5.74, 6) is 1.83. The molecule has 2 aliphatic heterocycles. The highest BCUT2D eigenvalue weighted by Crippen LogP contribution is 2.20.